The van der Waals surface area contributed by atoms with E-state index in [0.29, 0.717) is 0 Å². The third kappa shape index (κ3) is 1.81. The van der Waals surface area contributed by atoms with Crippen LogP contribution in [0, 0.1) is 18.2 Å². The van der Waals surface area contributed by atoms with Crippen molar-refractivity contribution in [1.29, 1.82) is 5.26 Å². The molecule has 0 aromatic carbocycles. The van der Waals surface area contributed by atoms with Crippen molar-refractivity contribution in [3.05, 3.63) is 41.9 Å². The van der Waals surface area contributed by atoms with Gasteiger partial charge in [-0.05, 0) is 25.0 Å². The summed E-state index contributed by atoms with van der Waals surface area (Å²) in [4.78, 5) is 10.8. The molecule has 0 saturated carbocycles. The normalized spacial score (nSPS) is 18.1. The summed E-state index contributed by atoms with van der Waals surface area (Å²) >= 11 is 0. The van der Waals surface area contributed by atoms with E-state index in [0.717, 1.165) is 0 Å². The van der Waals surface area contributed by atoms with E-state index in [1.165, 1.54) is 0 Å². The predicted molar refractivity (Wildman–Crippen MR) is 54.7 cm³/mol. The van der Waals surface area contributed by atoms with Crippen LogP contribution in [0.5, 0.6) is 0 Å². The highest BCUT2D eigenvalue weighted by molar-refractivity contribution is 5.61. The van der Waals surface area contributed by atoms with E-state index >= 15 is 0 Å². The maximum absolute atomic E-state index is 9.15. The predicted octanol–water partition coefficient (Wildman–Crippen LogP) is 1.72. The van der Waals surface area contributed by atoms with Gasteiger partial charge in [0.25, 0.3) is 0 Å². The number of aryl methyl sites for hydroxylation is 1. The van der Waals surface area contributed by atoms with Crippen molar-refractivity contribution in [2.75, 3.05) is 0 Å². The largest absolute Gasteiger partial charge is 0.242 e. The third-order valence-electron chi connectivity index (χ3n) is 1.53. The van der Waals surface area contributed by atoms with Crippen LogP contribution in [0.2, 0.25) is 0 Å². The molecule has 0 fully saturated rings. The van der Waals surface area contributed by atoms with E-state index < -0.39 is 54.5 Å². The summed E-state index contributed by atoms with van der Waals surface area (Å²) in [6.45, 7) is -2.77. The van der Waals surface area contributed by atoms with Crippen molar-refractivity contribution in [3.63, 3.8) is 0 Å². The van der Waals surface area contributed by atoms with Gasteiger partial charge in [-0.1, -0.05) is 0 Å². The quantitative estimate of drug-likeness (QED) is 0.709. The van der Waals surface area contributed by atoms with Gasteiger partial charge >= 0.3 is 0 Å². The van der Waals surface area contributed by atoms with Gasteiger partial charge in [0, 0.05) is 22.2 Å². The zero-order chi connectivity index (χ0) is 17.5. The first kappa shape index (κ1) is 3.70. The molecule has 2 aromatic rings. The molecule has 0 N–H and O–H groups in total. The second-order valence-corrected chi connectivity index (χ2v) is 2.44. The minimum atomic E-state index is -2.77. The molecule has 72 valence electrons. The number of nitriles is 1. The lowest BCUT2D eigenvalue weighted by Gasteiger charge is -2.01. The minimum Gasteiger partial charge on any atom is -0.242 e. The smallest absolute Gasteiger partial charge is 0.162 e. The second kappa shape index (κ2) is 3.84. The van der Waals surface area contributed by atoms with Crippen LogP contribution in [-0.2, 0) is 0 Å². The van der Waals surface area contributed by atoms with Crippen LogP contribution in [-0.4, -0.2) is 15.0 Å². The summed E-state index contributed by atoms with van der Waals surface area (Å²) in [5.74, 6) is -0.393. The van der Waals surface area contributed by atoms with Crippen LogP contribution in [0.3, 0.4) is 0 Å². The molecule has 0 aliphatic rings. The Balaban J connectivity index is 2.84. The molecule has 4 nitrogen and oxygen atoms in total. The third-order valence-corrected chi connectivity index (χ3v) is 1.53. The molecule has 0 bridgehead atoms. The Morgan fingerprint density at radius 2 is 2.20 bits per heavy atom. The van der Waals surface area contributed by atoms with Gasteiger partial charge in [0.1, 0.15) is 6.07 Å². The van der Waals surface area contributed by atoms with Gasteiger partial charge in [0.15, 0.2) is 11.5 Å². The van der Waals surface area contributed by atoms with Gasteiger partial charge in [0.05, 0.1) is 12.4 Å². The second-order valence-electron chi connectivity index (χ2n) is 2.44. The molecule has 0 radical (unpaired) electrons. The molecule has 0 atom stereocenters. The standard InChI is InChI=1S/C11H8N4/c1-8-3-4-9(10(7-12)15-8)11-13-5-2-6-14-11/h2-6H,1H3/i1D3,2D,3D,4D,5D,6D. The van der Waals surface area contributed by atoms with Gasteiger partial charge in [0.2, 0.25) is 0 Å². The monoisotopic (exact) mass is 204 g/mol. The molecule has 0 aliphatic carbocycles. The zero-order valence-electron chi connectivity index (χ0n) is 15.3. The lowest BCUT2D eigenvalue weighted by atomic mass is 10.1. The first-order valence-corrected chi connectivity index (χ1v) is 3.82. The van der Waals surface area contributed by atoms with E-state index in [2.05, 4.69) is 15.0 Å². The van der Waals surface area contributed by atoms with E-state index in [1.54, 1.807) is 6.07 Å². The van der Waals surface area contributed by atoms with Gasteiger partial charge in [-0.15, -0.1) is 0 Å². The van der Waals surface area contributed by atoms with Crippen LogP contribution in [0.4, 0.5) is 0 Å². The summed E-state index contributed by atoms with van der Waals surface area (Å²) in [5, 5.41) is 9.15. The van der Waals surface area contributed by atoms with Crippen molar-refractivity contribution in [2.24, 2.45) is 0 Å². The van der Waals surface area contributed by atoms with Gasteiger partial charge < -0.3 is 0 Å². The summed E-state index contributed by atoms with van der Waals surface area (Å²) < 4.78 is 59.9. The highest BCUT2D eigenvalue weighted by Crippen LogP contribution is 2.17. The Labute approximate surface area is 98.5 Å². The SMILES string of the molecule is [2H]c1nc(-c2c(C#N)nc(C([2H])([2H])[2H])c([2H])c2[2H])nc([2H])c1[2H]. The highest BCUT2D eigenvalue weighted by Gasteiger charge is 2.07. The average Bonchev–Trinajstić information content (AvgIpc) is 2.45. The first-order valence-electron chi connectivity index (χ1n) is 7.82. The highest BCUT2D eigenvalue weighted by atomic mass is 14.9. The van der Waals surface area contributed by atoms with Crippen LogP contribution in [0.25, 0.3) is 11.4 Å². The van der Waals surface area contributed by atoms with Gasteiger partial charge in [-0.2, -0.15) is 5.26 Å². The summed E-state index contributed by atoms with van der Waals surface area (Å²) in [6, 6.07) is -0.268. The minimum absolute atomic E-state index is 0.340. The molecule has 0 unspecified atom stereocenters. The Morgan fingerprint density at radius 1 is 1.40 bits per heavy atom. The molecule has 4 heteroatoms. The van der Waals surface area contributed by atoms with Crippen molar-refractivity contribution < 1.29 is 11.0 Å². The van der Waals surface area contributed by atoms with Crippen molar-refractivity contribution in [1.82, 2.24) is 15.0 Å². The fourth-order valence-corrected chi connectivity index (χ4v) is 0.943. The summed E-state index contributed by atoms with van der Waals surface area (Å²) in [7, 11) is 0. The van der Waals surface area contributed by atoms with Crippen molar-refractivity contribution in [3.8, 4) is 17.5 Å². The molecule has 2 rings (SSSR count). The molecule has 2 heterocycles. The summed E-state index contributed by atoms with van der Waals surface area (Å²) in [6.07, 6.45) is -1.18. The van der Waals surface area contributed by atoms with Crippen LogP contribution < -0.4 is 0 Å². The van der Waals surface area contributed by atoms with E-state index in [-0.39, 0.29) is 5.56 Å². The fourth-order valence-electron chi connectivity index (χ4n) is 0.943. The number of aromatic nitrogens is 3. The summed E-state index contributed by atoms with van der Waals surface area (Å²) in [5.41, 5.74) is -1.53. The molecule has 0 amide bonds. The average molecular weight is 204 g/mol. The van der Waals surface area contributed by atoms with Crippen LogP contribution in [0.1, 0.15) is 22.4 Å². The lowest BCUT2D eigenvalue weighted by Crippen LogP contribution is -1.94. The van der Waals surface area contributed by atoms with E-state index in [9.17, 15) is 0 Å². The molecule has 0 aliphatic heterocycles. The van der Waals surface area contributed by atoms with Crippen LogP contribution >= 0.6 is 0 Å². The molecular formula is C11H8N4. The molecular weight excluding hydrogens is 188 g/mol. The number of hydrogen-bond donors (Lipinski definition) is 0. The fraction of sp³-hybridized carbons (Fsp3) is 0.0909. The molecule has 15 heavy (non-hydrogen) atoms. The first-order chi connectivity index (χ1) is 10.6. The van der Waals surface area contributed by atoms with Gasteiger partial charge in [-0.25, -0.2) is 15.0 Å². The Bertz CT molecular complexity index is 816. The van der Waals surface area contributed by atoms with E-state index in [4.69, 9.17) is 16.2 Å². The number of hydrogen-bond acceptors (Lipinski definition) is 4. The Kier molecular flexibility index (Phi) is 0.949. The van der Waals surface area contributed by atoms with Crippen molar-refractivity contribution in [2.45, 2.75) is 6.85 Å². The van der Waals surface area contributed by atoms with Gasteiger partial charge in [-0.3, -0.25) is 0 Å². The lowest BCUT2D eigenvalue weighted by molar-refractivity contribution is 1.12. The topological polar surface area (TPSA) is 62.5 Å². The maximum atomic E-state index is 9.15. The van der Waals surface area contributed by atoms with Crippen molar-refractivity contribution >= 4 is 0 Å². The number of rotatable bonds is 1. The van der Waals surface area contributed by atoms with E-state index in [1.807, 2.05) is 0 Å². The zero-order valence-corrected chi connectivity index (χ0v) is 7.29. The Morgan fingerprint density at radius 3 is 2.87 bits per heavy atom. The number of pyridine rings is 1. The van der Waals surface area contributed by atoms with Crippen LogP contribution in [0.15, 0.2) is 30.5 Å². The molecule has 2 aromatic heterocycles. The number of nitrogens with zero attached hydrogens (tertiary/aromatic N) is 4. The molecule has 0 spiro atoms. The Hall–Kier alpha value is -2.28. The maximum Gasteiger partial charge on any atom is 0.162 e. The molecule has 0 saturated heterocycles.